The lowest BCUT2D eigenvalue weighted by molar-refractivity contribution is -0.598. The fraction of sp³-hybridized carbons (Fsp3) is 0.0526. The summed E-state index contributed by atoms with van der Waals surface area (Å²) in [6.07, 6.45) is 0.988. The summed E-state index contributed by atoms with van der Waals surface area (Å²) in [5, 5.41) is 0. The van der Waals surface area contributed by atoms with Gasteiger partial charge in [0.1, 0.15) is 0 Å². The maximum atomic E-state index is 3.71. The highest BCUT2D eigenvalue weighted by atomic mass is 127. The van der Waals surface area contributed by atoms with Crippen LogP contribution in [0.25, 0.3) is 0 Å². The van der Waals surface area contributed by atoms with Crippen LogP contribution in [0.2, 0.25) is 0 Å². The minimum Gasteiger partial charge on any atom is -0.0619 e. The fourth-order valence-electron chi connectivity index (χ4n) is 2.21. The minimum atomic E-state index is -0.117. The van der Waals surface area contributed by atoms with Crippen LogP contribution in [0.4, 0.5) is 0 Å². The molecule has 0 heterocycles. The Bertz CT molecular complexity index is 722. The van der Waals surface area contributed by atoms with E-state index < -0.39 is 0 Å². The molecule has 0 aliphatic carbocycles. The second-order valence-corrected chi connectivity index (χ2v) is 8.30. The first-order valence-electron chi connectivity index (χ1n) is 6.90. The summed E-state index contributed by atoms with van der Waals surface area (Å²) in [5.41, 5.74) is 2.79. The van der Waals surface area contributed by atoms with E-state index in [1.807, 2.05) is 0 Å². The average molecular weight is 404 g/mol. The molecule has 0 fully saturated rings. The third-order valence-corrected chi connectivity index (χ3v) is 6.76. The van der Waals surface area contributed by atoms with Crippen LogP contribution in [0.15, 0.2) is 83.8 Å². The van der Waals surface area contributed by atoms with Crippen LogP contribution in [0.1, 0.15) is 11.1 Å². The fourth-order valence-corrected chi connectivity index (χ4v) is 5.03. The van der Waals surface area contributed by atoms with E-state index in [9.17, 15) is 0 Å². The molecule has 0 aliphatic heterocycles. The Morgan fingerprint density at radius 3 is 2.05 bits per heavy atom. The van der Waals surface area contributed by atoms with Crippen molar-refractivity contribution in [3.8, 4) is 0 Å². The van der Waals surface area contributed by atoms with Crippen LogP contribution in [0, 0.1) is 7.14 Å². The number of rotatable bonds is 4. The molecule has 104 valence electrons. The van der Waals surface area contributed by atoms with Gasteiger partial charge in [0.15, 0.2) is 12.0 Å². The second-order valence-electron chi connectivity index (χ2n) is 4.82. The van der Waals surface area contributed by atoms with E-state index in [-0.39, 0.29) is 21.2 Å². The molecule has 0 bridgehead atoms. The maximum Gasteiger partial charge on any atom is 0.358 e. The van der Waals surface area contributed by atoms with Gasteiger partial charge in [-0.3, -0.25) is 0 Å². The van der Waals surface area contributed by atoms with E-state index in [1.54, 1.807) is 0 Å². The van der Waals surface area contributed by atoms with Crippen molar-refractivity contribution >= 4 is 12.6 Å². The van der Waals surface area contributed by atoms with Gasteiger partial charge in [-0.15, -0.1) is 0 Å². The molecule has 3 rings (SSSR count). The third-order valence-electron chi connectivity index (χ3n) is 3.30. The molecule has 0 amide bonds. The lowest BCUT2D eigenvalue weighted by Gasteiger charge is -2.02. The molecule has 0 aromatic heterocycles. The monoisotopic (exact) mass is 404 g/mol. The largest absolute Gasteiger partial charge is 0.358 e. The van der Waals surface area contributed by atoms with Crippen molar-refractivity contribution in [3.63, 3.8) is 0 Å². The van der Waals surface area contributed by atoms with Gasteiger partial charge in [-0.2, -0.15) is 0 Å². The van der Waals surface area contributed by atoms with Crippen LogP contribution < -0.4 is 21.2 Å². The Balaban J connectivity index is 1.88. The molecule has 0 N–H and O–H groups in total. The summed E-state index contributed by atoms with van der Waals surface area (Å²) in [4.78, 5) is 1.19. The molecule has 0 spiro atoms. The first kappa shape index (κ1) is 14.7. The van der Waals surface area contributed by atoms with E-state index in [4.69, 9.17) is 0 Å². The van der Waals surface area contributed by atoms with Crippen LogP contribution in [0.5, 0.6) is 0 Å². The predicted octanol–water partition coefficient (Wildman–Crippen LogP) is 0.776. The summed E-state index contributed by atoms with van der Waals surface area (Å²) in [6.45, 7) is 0. The number of hydrogen-bond donors (Lipinski definition) is 0. The van der Waals surface area contributed by atoms with Crippen molar-refractivity contribution in [2.75, 3.05) is 0 Å². The molecular weight excluding hydrogens is 387 g/mol. The second kappa shape index (κ2) is 7.14. The van der Waals surface area contributed by atoms with Gasteiger partial charge in [-0.25, -0.2) is 0 Å². The molecule has 0 nitrogen and oxygen atoms in total. The highest BCUT2D eigenvalue weighted by Crippen LogP contribution is 2.13. The number of benzene rings is 3. The summed E-state index contributed by atoms with van der Waals surface area (Å²) < 4.78 is 2.98. The Morgan fingerprint density at radius 1 is 0.667 bits per heavy atom. The predicted molar refractivity (Wildman–Crippen MR) is 87.9 cm³/mol. The molecule has 2 heteroatoms. The van der Waals surface area contributed by atoms with E-state index in [1.165, 1.54) is 23.2 Å². The molecule has 21 heavy (non-hydrogen) atoms. The molecular formula is C19H17IS+2. The average Bonchev–Trinajstić information content (AvgIpc) is 2.52. The summed E-state index contributed by atoms with van der Waals surface area (Å²) in [6, 6.07) is 28.1. The normalized spacial score (nSPS) is 10.5. The van der Waals surface area contributed by atoms with Gasteiger partial charge in [0.05, 0.1) is 0 Å². The van der Waals surface area contributed by atoms with Crippen LogP contribution in [-0.2, 0) is 19.0 Å². The van der Waals surface area contributed by atoms with Crippen LogP contribution in [0.3, 0.4) is 0 Å². The molecule has 0 radical (unpaired) electrons. The number of hydrogen-bond acceptors (Lipinski definition) is 0. The molecule has 0 saturated heterocycles. The SMILES string of the molecule is [SH2+]c1ccccc1Cc1ccccc1[I+]c1ccccc1. The Labute approximate surface area is 141 Å². The summed E-state index contributed by atoms with van der Waals surface area (Å²) >= 11 is 3.59. The van der Waals surface area contributed by atoms with Crippen molar-refractivity contribution in [1.29, 1.82) is 0 Å². The molecule has 0 atom stereocenters. The smallest absolute Gasteiger partial charge is 0.0619 e. The lowest BCUT2D eigenvalue weighted by atomic mass is 10.1. The Hall–Kier alpha value is -1.26. The zero-order valence-corrected chi connectivity index (χ0v) is 14.7. The van der Waals surface area contributed by atoms with Crippen molar-refractivity contribution in [2.45, 2.75) is 11.3 Å². The van der Waals surface area contributed by atoms with Gasteiger partial charge in [0, 0.05) is 17.5 Å². The molecule has 3 aromatic carbocycles. The quantitative estimate of drug-likeness (QED) is 0.446. The van der Waals surface area contributed by atoms with Crippen LogP contribution >= 0.6 is 0 Å². The molecule has 0 saturated carbocycles. The zero-order valence-electron chi connectivity index (χ0n) is 11.6. The van der Waals surface area contributed by atoms with E-state index in [0.29, 0.717) is 0 Å². The molecule has 0 aliphatic rings. The third kappa shape index (κ3) is 3.89. The standard InChI is InChI=1S/C19H15IS/c21-19-13-7-5-9-16(19)14-15-8-4-6-12-18(15)20-17-10-2-1-3-11-17/h1-13H,14H2/p+2. The Morgan fingerprint density at radius 2 is 1.29 bits per heavy atom. The van der Waals surface area contributed by atoms with Crippen LogP contribution in [-0.4, -0.2) is 0 Å². The van der Waals surface area contributed by atoms with Gasteiger partial charge in [0.2, 0.25) is 0 Å². The highest BCUT2D eigenvalue weighted by molar-refractivity contribution is 7.58. The molecule has 0 unspecified atom stereocenters. The topological polar surface area (TPSA) is 0 Å². The van der Waals surface area contributed by atoms with Gasteiger partial charge in [0.25, 0.3) is 0 Å². The van der Waals surface area contributed by atoms with E-state index in [0.717, 1.165) is 6.42 Å². The van der Waals surface area contributed by atoms with Gasteiger partial charge in [-0.05, 0) is 36.9 Å². The zero-order chi connectivity index (χ0) is 14.5. The van der Waals surface area contributed by atoms with Crippen molar-refractivity contribution < 1.29 is 21.2 Å². The molecule has 3 aromatic rings. The maximum absolute atomic E-state index is 3.71. The van der Waals surface area contributed by atoms with Crippen molar-refractivity contribution in [1.82, 2.24) is 0 Å². The van der Waals surface area contributed by atoms with E-state index >= 15 is 0 Å². The highest BCUT2D eigenvalue weighted by Gasteiger charge is 2.20. The Kier molecular flexibility index (Phi) is 4.99. The first-order valence-corrected chi connectivity index (χ1v) is 9.56. The number of halogens is 1. The summed E-state index contributed by atoms with van der Waals surface area (Å²) in [7, 11) is 0. The van der Waals surface area contributed by atoms with Crippen molar-refractivity contribution in [3.05, 3.63) is 97.1 Å². The lowest BCUT2D eigenvalue weighted by Crippen LogP contribution is -3.61. The van der Waals surface area contributed by atoms with Gasteiger partial charge >= 0.3 is 21.2 Å². The van der Waals surface area contributed by atoms with E-state index in [2.05, 4.69) is 91.5 Å². The first-order chi connectivity index (χ1) is 10.3. The van der Waals surface area contributed by atoms with Crippen molar-refractivity contribution in [2.24, 2.45) is 0 Å². The minimum absolute atomic E-state index is 0.117. The summed E-state index contributed by atoms with van der Waals surface area (Å²) in [5.74, 6) is 0. The van der Waals surface area contributed by atoms with Gasteiger partial charge < -0.3 is 0 Å². The van der Waals surface area contributed by atoms with Gasteiger partial charge in [-0.1, -0.05) is 54.6 Å².